The Kier molecular flexibility index (Phi) is 4.59. The average molecular weight is 293 g/mol. The summed E-state index contributed by atoms with van der Waals surface area (Å²) >= 11 is 5.88. The molecule has 18 heavy (non-hydrogen) atoms. The van der Waals surface area contributed by atoms with E-state index in [0.29, 0.717) is 0 Å². The quantitative estimate of drug-likeness (QED) is 0.900. The highest BCUT2D eigenvalue weighted by atomic mass is 35.5. The Morgan fingerprint density at radius 3 is 2.44 bits per heavy atom. The second-order valence-corrected chi connectivity index (χ2v) is 6.02. The zero-order valence-corrected chi connectivity index (χ0v) is 11.5. The molecule has 0 heterocycles. The van der Waals surface area contributed by atoms with Crippen LogP contribution in [0, 0.1) is 0 Å². The SMILES string of the molecule is CCOc1c(S(=O)(=O)CC)ccc(C(=O)O)c1Cl. The number of ether oxygens (including phenoxy) is 1. The Labute approximate surface area is 110 Å². The summed E-state index contributed by atoms with van der Waals surface area (Å²) in [5.41, 5.74) is -0.185. The molecule has 1 aromatic carbocycles. The fourth-order valence-corrected chi connectivity index (χ4v) is 2.77. The van der Waals surface area contributed by atoms with Crippen molar-refractivity contribution in [2.45, 2.75) is 18.7 Å². The van der Waals surface area contributed by atoms with Gasteiger partial charge in [-0.3, -0.25) is 0 Å². The Morgan fingerprint density at radius 2 is 2.00 bits per heavy atom. The molecule has 0 spiro atoms. The molecule has 0 atom stereocenters. The van der Waals surface area contributed by atoms with Gasteiger partial charge in [0.2, 0.25) is 0 Å². The van der Waals surface area contributed by atoms with Gasteiger partial charge in [0.1, 0.15) is 4.90 Å². The van der Waals surface area contributed by atoms with E-state index in [0.717, 1.165) is 6.07 Å². The number of carboxylic acids is 1. The average Bonchev–Trinajstić information content (AvgIpc) is 2.31. The normalized spacial score (nSPS) is 11.3. The molecule has 100 valence electrons. The summed E-state index contributed by atoms with van der Waals surface area (Å²) < 4.78 is 28.9. The maximum Gasteiger partial charge on any atom is 0.337 e. The van der Waals surface area contributed by atoms with Gasteiger partial charge in [-0.1, -0.05) is 18.5 Å². The van der Waals surface area contributed by atoms with E-state index in [9.17, 15) is 13.2 Å². The molecule has 0 unspecified atom stereocenters. The van der Waals surface area contributed by atoms with Gasteiger partial charge in [-0.15, -0.1) is 0 Å². The lowest BCUT2D eigenvalue weighted by Gasteiger charge is -2.13. The zero-order valence-electron chi connectivity index (χ0n) is 9.94. The second kappa shape index (κ2) is 5.58. The molecule has 5 nitrogen and oxygen atoms in total. The monoisotopic (exact) mass is 292 g/mol. The number of halogens is 1. The number of sulfone groups is 1. The molecule has 0 saturated carbocycles. The first kappa shape index (κ1) is 14.8. The molecule has 0 radical (unpaired) electrons. The second-order valence-electron chi connectivity index (χ2n) is 3.40. The van der Waals surface area contributed by atoms with E-state index in [2.05, 4.69) is 0 Å². The first-order valence-electron chi connectivity index (χ1n) is 5.26. The minimum absolute atomic E-state index is 0.0816. The first-order valence-corrected chi connectivity index (χ1v) is 7.29. The van der Waals surface area contributed by atoms with Gasteiger partial charge in [0.05, 0.1) is 22.9 Å². The predicted molar refractivity (Wildman–Crippen MR) is 67.3 cm³/mol. The lowest BCUT2D eigenvalue weighted by Crippen LogP contribution is -2.09. The van der Waals surface area contributed by atoms with Gasteiger partial charge in [0.15, 0.2) is 15.6 Å². The van der Waals surface area contributed by atoms with Crippen LogP contribution in [0.3, 0.4) is 0 Å². The lowest BCUT2D eigenvalue weighted by atomic mass is 10.2. The van der Waals surface area contributed by atoms with E-state index in [1.807, 2.05) is 0 Å². The van der Waals surface area contributed by atoms with Gasteiger partial charge in [0, 0.05) is 0 Å². The van der Waals surface area contributed by atoms with Crippen LogP contribution in [-0.4, -0.2) is 31.9 Å². The van der Waals surface area contributed by atoms with Crippen LogP contribution in [0.4, 0.5) is 0 Å². The summed E-state index contributed by atoms with van der Waals surface area (Å²) in [6.45, 7) is 3.34. The zero-order chi connectivity index (χ0) is 13.9. The molecule has 7 heteroatoms. The summed E-state index contributed by atoms with van der Waals surface area (Å²) in [4.78, 5) is 10.8. The Bertz CT molecular complexity index is 565. The van der Waals surface area contributed by atoms with Crippen molar-refractivity contribution in [3.8, 4) is 5.75 Å². The van der Waals surface area contributed by atoms with Crippen LogP contribution >= 0.6 is 11.6 Å². The number of aromatic carboxylic acids is 1. The topological polar surface area (TPSA) is 80.7 Å². The molecule has 1 aromatic rings. The van der Waals surface area contributed by atoms with Crippen molar-refractivity contribution in [2.24, 2.45) is 0 Å². The standard InChI is InChI=1S/C11H13ClO5S/c1-3-17-10-8(18(15,16)4-2)6-5-7(9(10)12)11(13)14/h5-6H,3-4H2,1-2H3,(H,13,14). The van der Waals surface area contributed by atoms with Gasteiger partial charge in [-0.05, 0) is 19.1 Å². The smallest absolute Gasteiger partial charge is 0.337 e. The maximum absolute atomic E-state index is 11.8. The van der Waals surface area contributed by atoms with E-state index in [4.69, 9.17) is 21.4 Å². The van der Waals surface area contributed by atoms with Crippen LogP contribution in [0.1, 0.15) is 24.2 Å². The maximum atomic E-state index is 11.8. The van der Waals surface area contributed by atoms with Crippen LogP contribution < -0.4 is 4.74 Å². The Morgan fingerprint density at radius 1 is 1.39 bits per heavy atom. The van der Waals surface area contributed by atoms with Crippen molar-refractivity contribution in [1.82, 2.24) is 0 Å². The minimum Gasteiger partial charge on any atom is -0.491 e. The molecule has 1 N–H and O–H groups in total. The number of carbonyl (C=O) groups is 1. The number of hydrogen-bond donors (Lipinski definition) is 1. The molecule has 0 amide bonds. The van der Waals surface area contributed by atoms with Crippen LogP contribution in [0.2, 0.25) is 5.02 Å². The molecular formula is C11H13ClO5S. The highest BCUT2D eigenvalue weighted by Crippen LogP contribution is 2.35. The van der Waals surface area contributed by atoms with E-state index in [1.165, 1.54) is 13.0 Å². The number of benzene rings is 1. The van der Waals surface area contributed by atoms with Crippen molar-refractivity contribution < 1.29 is 23.1 Å². The van der Waals surface area contributed by atoms with Gasteiger partial charge in [-0.2, -0.15) is 0 Å². The summed E-state index contributed by atoms with van der Waals surface area (Å²) in [6, 6.07) is 2.37. The third kappa shape index (κ3) is 2.76. The molecule has 0 aromatic heterocycles. The molecule has 0 aliphatic rings. The Balaban J connectivity index is 3.56. The number of hydrogen-bond acceptors (Lipinski definition) is 4. The molecule has 0 aliphatic carbocycles. The van der Waals surface area contributed by atoms with E-state index < -0.39 is 15.8 Å². The fraction of sp³-hybridized carbons (Fsp3) is 0.364. The fourth-order valence-electron chi connectivity index (χ4n) is 1.38. The van der Waals surface area contributed by atoms with Crippen molar-refractivity contribution in [3.63, 3.8) is 0 Å². The van der Waals surface area contributed by atoms with Gasteiger partial charge >= 0.3 is 5.97 Å². The van der Waals surface area contributed by atoms with Gasteiger partial charge in [0.25, 0.3) is 0 Å². The molecule has 0 fully saturated rings. The largest absolute Gasteiger partial charge is 0.491 e. The summed E-state index contributed by atoms with van der Waals surface area (Å²) in [5.74, 6) is -1.45. The molecule has 0 saturated heterocycles. The summed E-state index contributed by atoms with van der Waals surface area (Å²) in [6.07, 6.45) is 0. The third-order valence-corrected chi connectivity index (χ3v) is 4.42. The van der Waals surface area contributed by atoms with Crippen LogP contribution in [0.25, 0.3) is 0 Å². The van der Waals surface area contributed by atoms with Crippen molar-refractivity contribution in [2.75, 3.05) is 12.4 Å². The van der Waals surface area contributed by atoms with Crippen LogP contribution in [-0.2, 0) is 9.84 Å². The van der Waals surface area contributed by atoms with E-state index in [1.54, 1.807) is 6.92 Å². The van der Waals surface area contributed by atoms with E-state index in [-0.39, 0.29) is 33.6 Å². The van der Waals surface area contributed by atoms with Crippen LogP contribution in [0.5, 0.6) is 5.75 Å². The first-order chi connectivity index (χ1) is 8.35. The van der Waals surface area contributed by atoms with Crippen LogP contribution in [0.15, 0.2) is 17.0 Å². The van der Waals surface area contributed by atoms with Crippen molar-refractivity contribution in [1.29, 1.82) is 0 Å². The Hall–Kier alpha value is -1.27. The van der Waals surface area contributed by atoms with Gasteiger partial charge < -0.3 is 9.84 Å². The van der Waals surface area contributed by atoms with Crippen molar-refractivity contribution >= 4 is 27.4 Å². The third-order valence-electron chi connectivity index (χ3n) is 2.30. The highest BCUT2D eigenvalue weighted by Gasteiger charge is 2.24. The minimum atomic E-state index is -3.52. The highest BCUT2D eigenvalue weighted by molar-refractivity contribution is 7.91. The van der Waals surface area contributed by atoms with Gasteiger partial charge in [-0.25, -0.2) is 13.2 Å². The summed E-state index contributed by atoms with van der Waals surface area (Å²) in [7, 11) is -3.52. The molecule has 0 aliphatic heterocycles. The molecule has 1 rings (SSSR count). The van der Waals surface area contributed by atoms with E-state index >= 15 is 0 Å². The lowest BCUT2D eigenvalue weighted by molar-refractivity contribution is 0.0696. The van der Waals surface area contributed by atoms with Crippen molar-refractivity contribution in [3.05, 3.63) is 22.7 Å². The predicted octanol–water partition coefficient (Wildman–Crippen LogP) is 2.23. The molecular weight excluding hydrogens is 280 g/mol. The molecule has 0 bridgehead atoms. The number of rotatable bonds is 5. The number of carboxylic acid groups (broad SMARTS) is 1. The summed E-state index contributed by atoms with van der Waals surface area (Å²) in [5, 5.41) is 8.72.